The third kappa shape index (κ3) is 5.41. The molecule has 4 nitrogen and oxygen atoms in total. The standard InChI is InChI=1S/C32H29Cl2N3OS/c1-21-9-5-7-13-28(21)37-31(38)30(39-32(37)35-24-10-3-2-4-11-24)18-23-20-36(29-14-8-6-12-25(23)29)19-22-15-16-26(33)27(34)17-22/h2-4,6,8,10-12,14-18,20-21,28H,5,7,9,13,19H2,1H3/b30-18-,35-32?/t21-,28-/m1/s1. The van der Waals surface area contributed by atoms with Crippen molar-refractivity contribution in [1.82, 2.24) is 9.47 Å². The Morgan fingerprint density at radius 1 is 0.974 bits per heavy atom. The molecule has 1 aromatic heterocycles. The largest absolute Gasteiger partial charge is 0.342 e. The number of benzene rings is 3. The molecule has 2 heterocycles. The van der Waals surface area contributed by atoms with E-state index in [0.717, 1.165) is 52.1 Å². The van der Waals surface area contributed by atoms with Crippen molar-refractivity contribution in [2.45, 2.75) is 45.2 Å². The predicted octanol–water partition coefficient (Wildman–Crippen LogP) is 9.18. The third-order valence-electron chi connectivity index (χ3n) is 7.66. The molecule has 1 aliphatic carbocycles. The van der Waals surface area contributed by atoms with Gasteiger partial charge in [-0.2, -0.15) is 0 Å². The van der Waals surface area contributed by atoms with Crippen LogP contribution >= 0.6 is 35.0 Å². The normalized spacial score (nSPS) is 21.9. The quantitative estimate of drug-likeness (QED) is 0.223. The second kappa shape index (κ2) is 11.2. The molecule has 4 aromatic rings. The van der Waals surface area contributed by atoms with Crippen LogP contribution in [0, 0.1) is 5.92 Å². The second-order valence-corrected chi connectivity index (χ2v) is 12.1. The van der Waals surface area contributed by atoms with Crippen molar-refractivity contribution in [3.63, 3.8) is 0 Å². The summed E-state index contributed by atoms with van der Waals surface area (Å²) < 4.78 is 2.20. The van der Waals surface area contributed by atoms with Gasteiger partial charge in [0, 0.05) is 35.2 Å². The molecular weight excluding hydrogens is 545 g/mol. The van der Waals surface area contributed by atoms with E-state index in [2.05, 4.69) is 29.8 Å². The molecule has 1 aliphatic heterocycles. The Labute approximate surface area is 243 Å². The maximum absolute atomic E-state index is 14.0. The number of amidine groups is 1. The highest BCUT2D eigenvalue weighted by Gasteiger charge is 2.41. The number of rotatable bonds is 5. The van der Waals surface area contributed by atoms with Crippen LogP contribution in [0.2, 0.25) is 10.0 Å². The number of fused-ring (bicyclic) bond motifs is 1. The van der Waals surface area contributed by atoms with Gasteiger partial charge in [-0.25, -0.2) is 4.99 Å². The van der Waals surface area contributed by atoms with Crippen molar-refractivity contribution in [2.75, 3.05) is 0 Å². The molecule has 7 heteroatoms. The second-order valence-electron chi connectivity index (χ2n) is 10.3. The smallest absolute Gasteiger partial charge is 0.267 e. The van der Waals surface area contributed by atoms with E-state index < -0.39 is 0 Å². The number of nitrogens with zero attached hydrogens (tertiary/aromatic N) is 3. The van der Waals surface area contributed by atoms with E-state index in [1.807, 2.05) is 71.6 Å². The minimum atomic E-state index is 0.0507. The average molecular weight is 575 g/mol. The first kappa shape index (κ1) is 26.2. The van der Waals surface area contributed by atoms with Crippen LogP contribution < -0.4 is 0 Å². The zero-order chi connectivity index (χ0) is 26.9. The molecule has 1 saturated heterocycles. The number of halogens is 2. The van der Waals surface area contributed by atoms with Crippen molar-refractivity contribution in [1.29, 1.82) is 0 Å². The number of aliphatic imine (C=N–C) groups is 1. The lowest BCUT2D eigenvalue weighted by molar-refractivity contribution is -0.124. The Bertz CT molecular complexity index is 1590. The Kier molecular flexibility index (Phi) is 7.57. The van der Waals surface area contributed by atoms with Crippen molar-refractivity contribution in [3.05, 3.63) is 105 Å². The summed E-state index contributed by atoms with van der Waals surface area (Å²) in [5, 5.41) is 2.97. The molecule has 0 spiro atoms. The maximum Gasteiger partial charge on any atom is 0.267 e. The number of carbonyl (C=O) groups excluding carboxylic acids is 1. The molecule has 39 heavy (non-hydrogen) atoms. The van der Waals surface area contributed by atoms with Gasteiger partial charge in [0.2, 0.25) is 0 Å². The first-order chi connectivity index (χ1) is 19.0. The van der Waals surface area contributed by atoms with Gasteiger partial charge in [0.15, 0.2) is 5.17 Å². The van der Waals surface area contributed by atoms with Gasteiger partial charge in [0.25, 0.3) is 5.91 Å². The SMILES string of the molecule is C[C@@H]1CCCC[C@H]1N1C(=O)/C(=C/c2cn(Cc3ccc(Cl)c(Cl)c3)c3ccccc23)SC1=Nc1ccccc1. The molecule has 198 valence electrons. The fourth-order valence-corrected chi connectivity index (χ4v) is 7.00. The molecule has 2 atom stereocenters. The van der Waals surface area contributed by atoms with Crippen LogP contribution in [-0.2, 0) is 11.3 Å². The zero-order valence-electron chi connectivity index (χ0n) is 21.7. The summed E-state index contributed by atoms with van der Waals surface area (Å²) in [6.45, 7) is 2.91. The highest BCUT2D eigenvalue weighted by molar-refractivity contribution is 8.18. The Hall–Kier alpha value is -2.99. The van der Waals surface area contributed by atoms with Crippen molar-refractivity contribution in [2.24, 2.45) is 10.9 Å². The van der Waals surface area contributed by atoms with Crippen molar-refractivity contribution >= 4 is 68.7 Å². The molecule has 1 saturated carbocycles. The van der Waals surface area contributed by atoms with Gasteiger partial charge in [0.05, 0.1) is 20.6 Å². The molecule has 2 fully saturated rings. The lowest BCUT2D eigenvalue weighted by atomic mass is 9.85. The average Bonchev–Trinajstić information content (AvgIpc) is 3.44. The molecule has 2 aliphatic rings. The summed E-state index contributed by atoms with van der Waals surface area (Å²) in [6, 6.07) is 24.1. The Morgan fingerprint density at radius 2 is 1.74 bits per heavy atom. The van der Waals surface area contributed by atoms with Gasteiger partial charge in [-0.15, -0.1) is 0 Å². The summed E-state index contributed by atoms with van der Waals surface area (Å²) in [4.78, 5) is 21.6. The maximum atomic E-state index is 14.0. The number of para-hydroxylation sites is 2. The molecule has 0 N–H and O–H groups in total. The van der Waals surface area contributed by atoms with E-state index in [0.29, 0.717) is 27.4 Å². The number of aromatic nitrogens is 1. The molecular formula is C32H29Cl2N3OS. The van der Waals surface area contributed by atoms with Crippen LogP contribution in [-0.4, -0.2) is 26.6 Å². The highest BCUT2D eigenvalue weighted by atomic mass is 35.5. The van der Waals surface area contributed by atoms with Crippen LogP contribution in [0.3, 0.4) is 0 Å². The van der Waals surface area contributed by atoms with Crippen LogP contribution in [0.25, 0.3) is 17.0 Å². The topological polar surface area (TPSA) is 37.6 Å². The molecule has 0 unspecified atom stereocenters. The van der Waals surface area contributed by atoms with Crippen LogP contribution in [0.4, 0.5) is 5.69 Å². The van der Waals surface area contributed by atoms with Crippen LogP contribution in [0.15, 0.2) is 88.9 Å². The summed E-state index contributed by atoms with van der Waals surface area (Å²) in [7, 11) is 0. The van der Waals surface area contributed by atoms with Gasteiger partial charge >= 0.3 is 0 Å². The Balaban J connectivity index is 1.39. The van der Waals surface area contributed by atoms with Crippen LogP contribution in [0.5, 0.6) is 0 Å². The lowest BCUT2D eigenvalue weighted by Gasteiger charge is -2.35. The highest BCUT2D eigenvalue weighted by Crippen LogP contribution is 2.41. The van der Waals surface area contributed by atoms with Gasteiger partial charge in [-0.1, -0.05) is 85.4 Å². The molecule has 0 radical (unpaired) electrons. The summed E-state index contributed by atoms with van der Waals surface area (Å²) in [5.74, 6) is 0.492. The van der Waals surface area contributed by atoms with E-state index in [1.54, 1.807) is 0 Å². The van der Waals surface area contributed by atoms with Gasteiger partial charge < -0.3 is 4.57 Å². The van der Waals surface area contributed by atoms with E-state index in [9.17, 15) is 4.79 Å². The third-order valence-corrected chi connectivity index (χ3v) is 9.38. The van der Waals surface area contributed by atoms with Gasteiger partial charge in [-0.05, 0) is 72.5 Å². The number of thioether (sulfide) groups is 1. The minimum Gasteiger partial charge on any atom is -0.342 e. The monoisotopic (exact) mass is 573 g/mol. The lowest BCUT2D eigenvalue weighted by Crippen LogP contribution is -2.44. The number of carbonyl (C=O) groups is 1. The first-order valence-electron chi connectivity index (χ1n) is 13.4. The van der Waals surface area contributed by atoms with E-state index in [4.69, 9.17) is 28.2 Å². The molecule has 0 bridgehead atoms. The summed E-state index contributed by atoms with van der Waals surface area (Å²) in [6.07, 6.45) is 8.67. The zero-order valence-corrected chi connectivity index (χ0v) is 24.0. The van der Waals surface area contributed by atoms with E-state index in [1.165, 1.54) is 18.2 Å². The van der Waals surface area contributed by atoms with E-state index >= 15 is 0 Å². The van der Waals surface area contributed by atoms with Crippen LogP contribution in [0.1, 0.15) is 43.7 Å². The van der Waals surface area contributed by atoms with Crippen molar-refractivity contribution < 1.29 is 4.79 Å². The fraction of sp³-hybridized carbons (Fsp3) is 0.250. The van der Waals surface area contributed by atoms with Gasteiger partial charge in [-0.3, -0.25) is 9.69 Å². The minimum absolute atomic E-state index is 0.0507. The van der Waals surface area contributed by atoms with E-state index in [-0.39, 0.29) is 11.9 Å². The fourth-order valence-electron chi connectivity index (χ4n) is 5.65. The molecule has 3 aromatic carbocycles. The summed E-state index contributed by atoms with van der Waals surface area (Å²) >= 11 is 13.9. The summed E-state index contributed by atoms with van der Waals surface area (Å²) in [5.41, 5.74) is 4.03. The number of amides is 1. The number of hydrogen-bond donors (Lipinski definition) is 0. The van der Waals surface area contributed by atoms with Gasteiger partial charge in [0.1, 0.15) is 0 Å². The predicted molar refractivity (Wildman–Crippen MR) is 165 cm³/mol. The first-order valence-corrected chi connectivity index (χ1v) is 14.9. The molecule has 1 amide bonds. The molecule has 6 rings (SSSR count). The Morgan fingerprint density at radius 3 is 2.54 bits per heavy atom. The number of hydrogen-bond acceptors (Lipinski definition) is 3. The van der Waals surface area contributed by atoms with Crippen molar-refractivity contribution in [3.8, 4) is 0 Å².